The Balaban J connectivity index is 1.83. The van der Waals surface area contributed by atoms with Crippen LogP contribution in [-0.2, 0) is 11.3 Å². The fourth-order valence-electron chi connectivity index (χ4n) is 4.19. The minimum atomic E-state index is -0.686. The first-order chi connectivity index (χ1) is 13.8. The molecule has 2 aromatic rings. The van der Waals surface area contributed by atoms with E-state index in [9.17, 15) is 4.79 Å². The number of benzene rings is 2. The van der Waals surface area contributed by atoms with Crippen LogP contribution in [0.25, 0.3) is 0 Å². The van der Waals surface area contributed by atoms with Crippen molar-refractivity contribution in [1.82, 2.24) is 4.90 Å². The normalized spacial score (nSPS) is 15.8. The number of carbonyl (C=O) groups is 1. The smallest absolute Gasteiger partial charge is 0.309 e. The predicted molar refractivity (Wildman–Crippen MR) is 120 cm³/mol. The Bertz CT molecular complexity index is 877. The average Bonchev–Trinajstić information content (AvgIpc) is 2.65. The highest BCUT2D eigenvalue weighted by Gasteiger charge is 2.32. The molecule has 0 aliphatic carbocycles. The van der Waals surface area contributed by atoms with Gasteiger partial charge in [-0.3, -0.25) is 9.69 Å². The Morgan fingerprint density at radius 1 is 1.17 bits per heavy atom. The summed E-state index contributed by atoms with van der Waals surface area (Å²) in [4.78, 5) is 15.7. The van der Waals surface area contributed by atoms with Crippen LogP contribution < -0.4 is 4.90 Å². The van der Waals surface area contributed by atoms with E-state index < -0.39 is 5.97 Å². The standard InChI is InChI=1S/C24H31ClN2O2/c1-5-23(27(6-2)21-9-10-22(25)17(4)11-21)18-8-7-16(3)19(12-18)13-26-14-20(15-26)24(28)29/h7-12,20,23H,5-6,13-15H2,1-4H3,(H,28,29). The highest BCUT2D eigenvalue weighted by atomic mass is 35.5. The molecule has 1 unspecified atom stereocenters. The van der Waals surface area contributed by atoms with Crippen LogP contribution in [0.3, 0.4) is 0 Å². The first kappa shape index (κ1) is 21.7. The number of nitrogens with zero attached hydrogens (tertiary/aromatic N) is 2. The molecule has 1 aliphatic heterocycles. The summed E-state index contributed by atoms with van der Waals surface area (Å²) in [5.74, 6) is -0.903. The number of anilines is 1. The Kier molecular flexibility index (Phi) is 6.86. The van der Waals surface area contributed by atoms with Gasteiger partial charge in [-0.2, -0.15) is 0 Å². The predicted octanol–water partition coefficient (Wildman–Crippen LogP) is 5.45. The highest BCUT2D eigenvalue weighted by Crippen LogP contribution is 2.33. The molecule has 1 fully saturated rings. The van der Waals surface area contributed by atoms with Gasteiger partial charge in [-0.15, -0.1) is 0 Å². The molecule has 3 rings (SSSR count). The molecular weight excluding hydrogens is 384 g/mol. The minimum absolute atomic E-state index is 0.217. The Labute approximate surface area is 179 Å². The van der Waals surface area contributed by atoms with Crippen molar-refractivity contribution < 1.29 is 9.90 Å². The topological polar surface area (TPSA) is 43.8 Å². The van der Waals surface area contributed by atoms with E-state index in [2.05, 4.69) is 60.9 Å². The van der Waals surface area contributed by atoms with Gasteiger partial charge in [0.25, 0.3) is 0 Å². The molecule has 0 saturated carbocycles. The number of carboxylic acid groups (broad SMARTS) is 1. The Morgan fingerprint density at radius 3 is 2.48 bits per heavy atom. The zero-order valence-electron chi connectivity index (χ0n) is 17.8. The number of likely N-dealkylation sites (tertiary alicyclic amines) is 1. The van der Waals surface area contributed by atoms with Crippen molar-refractivity contribution in [3.05, 3.63) is 63.7 Å². The fraction of sp³-hybridized carbons (Fsp3) is 0.458. The van der Waals surface area contributed by atoms with Crippen molar-refractivity contribution in [3.63, 3.8) is 0 Å². The van der Waals surface area contributed by atoms with E-state index in [-0.39, 0.29) is 12.0 Å². The molecule has 1 saturated heterocycles. The first-order valence-corrected chi connectivity index (χ1v) is 10.8. The van der Waals surface area contributed by atoms with Crippen LogP contribution in [0.1, 0.15) is 48.6 Å². The van der Waals surface area contributed by atoms with Gasteiger partial charge in [0.1, 0.15) is 0 Å². The van der Waals surface area contributed by atoms with E-state index in [1.807, 2.05) is 13.0 Å². The van der Waals surface area contributed by atoms with Gasteiger partial charge < -0.3 is 10.0 Å². The number of aliphatic carboxylic acids is 1. The Hall–Kier alpha value is -2.04. The van der Waals surface area contributed by atoms with Gasteiger partial charge in [0, 0.05) is 36.9 Å². The van der Waals surface area contributed by atoms with Crippen LogP contribution >= 0.6 is 11.6 Å². The van der Waals surface area contributed by atoms with Crippen molar-refractivity contribution in [2.24, 2.45) is 5.92 Å². The SMILES string of the molecule is CCC(c1ccc(C)c(CN2CC(C(=O)O)C2)c1)N(CC)c1ccc(Cl)c(C)c1. The highest BCUT2D eigenvalue weighted by molar-refractivity contribution is 6.31. The van der Waals surface area contributed by atoms with Gasteiger partial charge in [-0.25, -0.2) is 0 Å². The zero-order valence-corrected chi connectivity index (χ0v) is 18.5. The van der Waals surface area contributed by atoms with Gasteiger partial charge in [-0.1, -0.05) is 36.7 Å². The van der Waals surface area contributed by atoms with Crippen LogP contribution in [-0.4, -0.2) is 35.6 Å². The van der Waals surface area contributed by atoms with Crippen LogP contribution in [0.4, 0.5) is 5.69 Å². The molecule has 0 bridgehead atoms. The monoisotopic (exact) mass is 414 g/mol. The van der Waals surface area contributed by atoms with Crippen LogP contribution in [0.15, 0.2) is 36.4 Å². The molecule has 2 aromatic carbocycles. The number of halogens is 1. The third kappa shape index (κ3) is 4.76. The average molecular weight is 415 g/mol. The minimum Gasteiger partial charge on any atom is -0.481 e. The number of aryl methyl sites for hydroxylation is 2. The van der Waals surface area contributed by atoms with E-state index in [4.69, 9.17) is 16.7 Å². The number of carboxylic acids is 1. The molecule has 29 heavy (non-hydrogen) atoms. The van der Waals surface area contributed by atoms with E-state index in [0.29, 0.717) is 13.1 Å². The molecular formula is C24H31ClN2O2. The largest absolute Gasteiger partial charge is 0.481 e. The first-order valence-electron chi connectivity index (χ1n) is 10.4. The van der Waals surface area contributed by atoms with Gasteiger partial charge in [-0.05, 0) is 67.6 Å². The molecule has 0 spiro atoms. The fourth-order valence-corrected chi connectivity index (χ4v) is 4.31. The lowest BCUT2D eigenvalue weighted by Gasteiger charge is -2.37. The van der Waals surface area contributed by atoms with Gasteiger partial charge >= 0.3 is 5.97 Å². The second kappa shape index (κ2) is 9.19. The third-order valence-corrected chi connectivity index (χ3v) is 6.46. The molecule has 1 heterocycles. The quantitative estimate of drug-likeness (QED) is 0.623. The molecule has 156 valence electrons. The van der Waals surface area contributed by atoms with Gasteiger partial charge in [0.05, 0.1) is 12.0 Å². The van der Waals surface area contributed by atoms with Crippen molar-refractivity contribution in [2.45, 2.75) is 46.7 Å². The summed E-state index contributed by atoms with van der Waals surface area (Å²) in [6.07, 6.45) is 1.00. The summed E-state index contributed by atoms with van der Waals surface area (Å²) in [6.45, 7) is 11.6. The molecule has 1 N–H and O–H groups in total. The summed E-state index contributed by atoms with van der Waals surface area (Å²) in [6, 6.07) is 13.3. The molecule has 1 aliphatic rings. The molecule has 5 heteroatoms. The summed E-state index contributed by atoms with van der Waals surface area (Å²) in [5.41, 5.74) is 6.13. The lowest BCUT2D eigenvalue weighted by Crippen LogP contribution is -2.49. The lowest BCUT2D eigenvalue weighted by molar-refractivity contribution is -0.147. The molecule has 0 amide bonds. The zero-order chi connectivity index (χ0) is 21.1. The van der Waals surface area contributed by atoms with Crippen molar-refractivity contribution >= 4 is 23.3 Å². The summed E-state index contributed by atoms with van der Waals surface area (Å²) in [7, 11) is 0. The van der Waals surface area contributed by atoms with Crippen molar-refractivity contribution in [3.8, 4) is 0 Å². The number of rotatable bonds is 8. The number of hydrogen-bond acceptors (Lipinski definition) is 3. The van der Waals surface area contributed by atoms with E-state index in [1.165, 1.54) is 22.4 Å². The molecule has 4 nitrogen and oxygen atoms in total. The van der Waals surface area contributed by atoms with E-state index in [0.717, 1.165) is 30.1 Å². The van der Waals surface area contributed by atoms with Crippen molar-refractivity contribution in [1.29, 1.82) is 0 Å². The molecule has 0 radical (unpaired) electrons. The van der Waals surface area contributed by atoms with Gasteiger partial charge in [0.2, 0.25) is 0 Å². The second-order valence-corrected chi connectivity index (χ2v) is 8.47. The summed E-state index contributed by atoms with van der Waals surface area (Å²) in [5, 5.41) is 9.91. The van der Waals surface area contributed by atoms with Crippen LogP contribution in [0.5, 0.6) is 0 Å². The molecule has 1 atom stereocenters. The maximum absolute atomic E-state index is 11.1. The Morgan fingerprint density at radius 2 is 1.90 bits per heavy atom. The van der Waals surface area contributed by atoms with Crippen molar-refractivity contribution in [2.75, 3.05) is 24.5 Å². The van der Waals surface area contributed by atoms with Gasteiger partial charge in [0.15, 0.2) is 0 Å². The summed E-state index contributed by atoms with van der Waals surface area (Å²) < 4.78 is 0. The third-order valence-electron chi connectivity index (χ3n) is 6.04. The van der Waals surface area contributed by atoms with E-state index >= 15 is 0 Å². The lowest BCUT2D eigenvalue weighted by atomic mass is 9.94. The van der Waals surface area contributed by atoms with E-state index in [1.54, 1.807) is 0 Å². The maximum atomic E-state index is 11.1. The second-order valence-electron chi connectivity index (χ2n) is 8.06. The van der Waals surface area contributed by atoms with Crippen LogP contribution in [0.2, 0.25) is 5.02 Å². The van der Waals surface area contributed by atoms with Crippen LogP contribution in [0, 0.1) is 19.8 Å². The maximum Gasteiger partial charge on any atom is 0.309 e. The molecule has 0 aromatic heterocycles. The number of hydrogen-bond donors (Lipinski definition) is 1. The summed E-state index contributed by atoms with van der Waals surface area (Å²) >= 11 is 6.23.